The SMILES string of the molecule is Cc1ncsc1-c1ccc(C(C)NC(=O)[C@@H]2C[C@@H](O)CN2C(=O)C(c2cc(OCCN3CCN(CCOc4cc(N5C6CCC5CN(c5cc(-c7ccccc7O)nnc5N)C6)ccn4)CC3)no2)C(C)C)cc1. The number of hydrogen-bond donors (Lipinski definition) is 4. The first kappa shape index (κ1) is 50.7. The molecule has 5 N–H and O–H groups in total. The number of carbonyl (C=O) groups is 2. The lowest BCUT2D eigenvalue weighted by Gasteiger charge is -2.43. The van der Waals surface area contributed by atoms with E-state index in [4.69, 9.17) is 19.7 Å². The average molecular weight is 1030 g/mol. The van der Waals surface area contributed by atoms with Crippen molar-refractivity contribution in [3.8, 4) is 39.2 Å². The number of phenolic OH excluding ortho intramolecular Hbond substituents is 1. The number of anilines is 3. The van der Waals surface area contributed by atoms with E-state index in [1.807, 2.05) is 81.9 Å². The number of rotatable bonds is 18. The molecule has 0 spiro atoms. The third kappa shape index (κ3) is 11.1. The van der Waals surface area contributed by atoms with Crippen LogP contribution in [0.25, 0.3) is 21.7 Å². The molecule has 0 saturated carbocycles. The van der Waals surface area contributed by atoms with E-state index in [-0.39, 0.29) is 54.6 Å². The number of nitrogen functional groups attached to an aromatic ring is 1. The number of benzene rings is 2. The number of para-hydroxylation sites is 1. The molecule has 4 unspecified atom stereocenters. The molecule has 74 heavy (non-hydrogen) atoms. The van der Waals surface area contributed by atoms with Crippen LogP contribution in [-0.4, -0.2) is 158 Å². The van der Waals surface area contributed by atoms with Gasteiger partial charge in [0.15, 0.2) is 11.6 Å². The number of pyridine rings is 1. The molecule has 4 aliphatic heterocycles. The fraction of sp³-hybridized carbons (Fsp3) is 0.463. The van der Waals surface area contributed by atoms with Crippen molar-refractivity contribution < 1.29 is 33.8 Å². The summed E-state index contributed by atoms with van der Waals surface area (Å²) < 4.78 is 18.0. The van der Waals surface area contributed by atoms with Crippen molar-refractivity contribution in [1.82, 2.24) is 45.3 Å². The van der Waals surface area contributed by atoms with Gasteiger partial charge in [-0.1, -0.05) is 50.2 Å². The molecule has 19 nitrogen and oxygen atoms in total. The number of nitrogens with two attached hydrogens (primary N) is 1. The van der Waals surface area contributed by atoms with Gasteiger partial charge >= 0.3 is 0 Å². The highest BCUT2D eigenvalue weighted by atomic mass is 32.1. The van der Waals surface area contributed by atoms with Gasteiger partial charge in [-0.2, -0.15) is 0 Å². The van der Waals surface area contributed by atoms with Gasteiger partial charge in [-0.15, -0.1) is 21.5 Å². The molecule has 20 heteroatoms. The number of phenols is 1. The number of carbonyl (C=O) groups excluding carboxylic acids is 2. The summed E-state index contributed by atoms with van der Waals surface area (Å²) in [5, 5.41) is 37.0. The Morgan fingerprint density at radius 3 is 2.26 bits per heavy atom. The third-order valence-corrected chi connectivity index (χ3v) is 16.0. The van der Waals surface area contributed by atoms with Gasteiger partial charge in [-0.05, 0) is 73.2 Å². The number of ether oxygens (including phenoxy) is 2. The fourth-order valence-electron chi connectivity index (χ4n) is 11.0. The van der Waals surface area contributed by atoms with E-state index in [9.17, 15) is 19.8 Å². The quantitative estimate of drug-likeness (QED) is 0.0803. The summed E-state index contributed by atoms with van der Waals surface area (Å²) in [4.78, 5) is 49.0. The second-order valence-electron chi connectivity index (χ2n) is 20.3. The molecule has 0 aliphatic carbocycles. The van der Waals surface area contributed by atoms with Crippen LogP contribution >= 0.6 is 11.3 Å². The number of hydrogen-bond acceptors (Lipinski definition) is 18. The number of fused-ring (bicyclic) bond motifs is 2. The number of amides is 2. The Bertz CT molecular complexity index is 2880. The van der Waals surface area contributed by atoms with Crippen molar-refractivity contribution in [3.05, 3.63) is 102 Å². The minimum Gasteiger partial charge on any atom is -0.507 e. The summed E-state index contributed by atoms with van der Waals surface area (Å²) >= 11 is 1.59. The predicted octanol–water partition coefficient (Wildman–Crippen LogP) is 5.76. The number of aromatic nitrogens is 5. The highest BCUT2D eigenvalue weighted by molar-refractivity contribution is 7.13. The van der Waals surface area contributed by atoms with Crippen molar-refractivity contribution in [2.45, 2.75) is 83.1 Å². The van der Waals surface area contributed by atoms with Gasteiger partial charge in [0.1, 0.15) is 30.9 Å². The summed E-state index contributed by atoms with van der Waals surface area (Å²) in [7, 11) is 0. The maximum Gasteiger partial charge on any atom is 0.254 e. The number of likely N-dealkylation sites (tertiary alicyclic amines) is 1. The molecule has 6 aromatic rings. The van der Waals surface area contributed by atoms with E-state index >= 15 is 0 Å². The van der Waals surface area contributed by atoms with Gasteiger partial charge in [-0.3, -0.25) is 19.4 Å². The number of nitrogens with zero attached hydrogens (tertiary/aromatic N) is 10. The lowest BCUT2D eigenvalue weighted by molar-refractivity contribution is -0.141. The smallest absolute Gasteiger partial charge is 0.254 e. The zero-order valence-electron chi connectivity index (χ0n) is 42.4. The standard InChI is InChI=1S/C54H66N12O7S/c1-33(2)50(54(70)65-31-41(67)26-45(65)53(69)58-34(3)36-9-11-37(12-10-36)51-35(4)57-32-74-51)47-28-49(61-73-47)72-24-22-63-19-17-62(18-20-63)21-23-71-48-25-38(15-16-56-48)66-39-13-14-40(66)30-64(29-39)44-27-43(59-60-52(44)55)42-7-5-6-8-46(42)68/h5-12,15-16,25,27-28,32-34,39-41,45,50,67-68H,13-14,17-24,26,29-31H2,1-4H3,(H2,55,60)(H,58,69)/t34?,39?,40?,41-,45+,50?/m1/s1. The number of piperazine rings is 2. The molecular formula is C54H66N12O7S. The summed E-state index contributed by atoms with van der Waals surface area (Å²) in [6, 6.07) is 22.3. The van der Waals surface area contributed by atoms with E-state index in [1.165, 1.54) is 4.90 Å². The molecule has 0 radical (unpaired) electrons. The Hall–Kier alpha value is -6.87. The lowest BCUT2D eigenvalue weighted by atomic mass is 9.91. The van der Waals surface area contributed by atoms with E-state index in [2.05, 4.69) is 62.4 Å². The van der Waals surface area contributed by atoms with E-state index in [0.29, 0.717) is 54.4 Å². The van der Waals surface area contributed by atoms with Crippen LogP contribution in [0.1, 0.15) is 69.0 Å². The Kier molecular flexibility index (Phi) is 15.3. The first-order valence-corrected chi connectivity index (χ1v) is 26.6. The highest BCUT2D eigenvalue weighted by Crippen LogP contribution is 2.40. The molecule has 4 aliphatic rings. The molecule has 10 rings (SSSR count). The predicted molar refractivity (Wildman–Crippen MR) is 282 cm³/mol. The highest BCUT2D eigenvalue weighted by Gasteiger charge is 2.44. The number of aromatic hydroxyl groups is 1. The number of aliphatic hydroxyl groups excluding tert-OH is 1. The number of thiazole rings is 1. The normalized spacial score (nSPS) is 21.0. The lowest BCUT2D eigenvalue weighted by Crippen LogP contribution is -2.54. The minimum atomic E-state index is -0.830. The molecule has 2 amide bonds. The Morgan fingerprint density at radius 2 is 1.58 bits per heavy atom. The molecular weight excluding hydrogens is 961 g/mol. The van der Waals surface area contributed by atoms with Crippen molar-refractivity contribution in [2.75, 3.05) is 87.7 Å². The van der Waals surface area contributed by atoms with E-state index in [1.54, 1.807) is 29.5 Å². The summed E-state index contributed by atoms with van der Waals surface area (Å²) in [5.41, 5.74) is 14.3. The van der Waals surface area contributed by atoms with Crippen molar-refractivity contribution in [2.24, 2.45) is 5.92 Å². The molecule has 2 bridgehead atoms. The van der Waals surface area contributed by atoms with Crippen LogP contribution in [-0.2, 0) is 9.59 Å². The van der Waals surface area contributed by atoms with Gasteiger partial charge in [-0.25, -0.2) is 9.97 Å². The van der Waals surface area contributed by atoms with Crippen LogP contribution in [0.5, 0.6) is 17.5 Å². The topological polar surface area (TPSA) is 225 Å². The van der Waals surface area contributed by atoms with Crippen LogP contribution < -0.4 is 30.3 Å². The van der Waals surface area contributed by atoms with Crippen LogP contribution in [0.3, 0.4) is 0 Å². The Morgan fingerprint density at radius 1 is 0.878 bits per heavy atom. The fourth-order valence-corrected chi connectivity index (χ4v) is 11.8. The van der Waals surface area contributed by atoms with E-state index in [0.717, 1.165) is 91.7 Å². The minimum absolute atomic E-state index is 0.0519. The molecule has 4 saturated heterocycles. The largest absolute Gasteiger partial charge is 0.507 e. The van der Waals surface area contributed by atoms with Crippen molar-refractivity contribution >= 4 is 40.3 Å². The maximum atomic E-state index is 14.2. The Balaban J connectivity index is 0.655. The number of aliphatic hydroxyl groups is 1. The van der Waals surface area contributed by atoms with Crippen LogP contribution in [0.4, 0.5) is 17.2 Å². The summed E-state index contributed by atoms with van der Waals surface area (Å²) in [6.07, 6.45) is 3.28. The van der Waals surface area contributed by atoms with Gasteiger partial charge in [0.2, 0.25) is 17.7 Å². The summed E-state index contributed by atoms with van der Waals surface area (Å²) in [6.45, 7) is 15.3. The van der Waals surface area contributed by atoms with Gasteiger partial charge in [0.25, 0.3) is 5.88 Å². The number of β-amino-alcohol motifs (C(OH)–C–C–N with tert-alkyl or cyclic N) is 1. The van der Waals surface area contributed by atoms with Gasteiger partial charge in [0.05, 0.1) is 39.6 Å². The zero-order chi connectivity index (χ0) is 51.5. The maximum absolute atomic E-state index is 14.2. The second kappa shape index (κ2) is 22.3. The van der Waals surface area contributed by atoms with Crippen molar-refractivity contribution in [1.29, 1.82) is 0 Å². The van der Waals surface area contributed by atoms with Gasteiger partial charge < -0.3 is 50.0 Å². The monoisotopic (exact) mass is 1030 g/mol. The Labute approximate surface area is 435 Å². The molecule has 390 valence electrons. The molecule has 6 atom stereocenters. The zero-order valence-corrected chi connectivity index (χ0v) is 43.2. The molecule has 4 aromatic heterocycles. The number of aryl methyl sites for hydroxylation is 1. The molecule has 4 fully saturated rings. The first-order chi connectivity index (χ1) is 35.9. The molecule has 2 aromatic carbocycles. The van der Waals surface area contributed by atoms with Crippen LogP contribution in [0, 0.1) is 12.8 Å². The first-order valence-electron chi connectivity index (χ1n) is 25.7. The van der Waals surface area contributed by atoms with Crippen molar-refractivity contribution in [3.63, 3.8) is 0 Å². The average Bonchev–Trinajstić information content (AvgIpc) is 4.20. The van der Waals surface area contributed by atoms with Gasteiger partial charge in [0, 0.05) is 107 Å². The third-order valence-electron chi connectivity index (χ3n) is 15.0. The van der Waals surface area contributed by atoms with E-state index < -0.39 is 18.1 Å². The van der Waals surface area contributed by atoms with Crippen LogP contribution in [0.15, 0.2) is 89.0 Å². The van der Waals surface area contributed by atoms with Crippen LogP contribution in [0.2, 0.25) is 0 Å². The molecule has 8 heterocycles. The second-order valence-corrected chi connectivity index (χ2v) is 21.1. The summed E-state index contributed by atoms with van der Waals surface area (Å²) in [5.74, 6) is 0.300. The number of nitrogens with one attached hydrogen (secondary N) is 1.